The number of aryl methyl sites for hydroxylation is 1. The highest BCUT2D eigenvalue weighted by molar-refractivity contribution is 5.24. The Kier molecular flexibility index (Phi) is 7.76. The van der Waals surface area contributed by atoms with E-state index in [1.165, 1.54) is 18.4 Å². The molecule has 2 heteroatoms. The summed E-state index contributed by atoms with van der Waals surface area (Å²) < 4.78 is 0. The summed E-state index contributed by atoms with van der Waals surface area (Å²) >= 11 is 0. The van der Waals surface area contributed by atoms with Crippen LogP contribution < -0.4 is 0 Å². The van der Waals surface area contributed by atoms with Crippen molar-refractivity contribution < 1.29 is 5.11 Å². The lowest BCUT2D eigenvalue weighted by atomic mass is 10.0. The molecule has 0 radical (unpaired) electrons. The largest absolute Gasteiger partial charge is 0.388 e. The van der Waals surface area contributed by atoms with Crippen LogP contribution in [0.1, 0.15) is 57.3 Å². The molecule has 1 aromatic rings. The lowest BCUT2D eigenvalue weighted by Gasteiger charge is -2.22. The Morgan fingerprint density at radius 1 is 0.947 bits per heavy atom. The number of aliphatic hydroxyl groups excluding tert-OH is 1. The molecule has 0 spiro atoms. The maximum absolute atomic E-state index is 10.2. The van der Waals surface area contributed by atoms with Gasteiger partial charge in [-0.2, -0.15) is 0 Å². The van der Waals surface area contributed by atoms with Crippen molar-refractivity contribution in [3.63, 3.8) is 0 Å². The van der Waals surface area contributed by atoms with E-state index in [2.05, 4.69) is 49.9 Å². The Morgan fingerprint density at radius 2 is 1.53 bits per heavy atom. The molecule has 1 atom stereocenters. The highest BCUT2D eigenvalue weighted by atomic mass is 16.3. The first-order valence-electron chi connectivity index (χ1n) is 7.70. The van der Waals surface area contributed by atoms with Crippen LogP contribution in [-0.2, 0) is 6.42 Å². The van der Waals surface area contributed by atoms with Crippen LogP contribution in [0.3, 0.4) is 0 Å². The summed E-state index contributed by atoms with van der Waals surface area (Å²) in [6.07, 6.45) is 3.91. The minimum absolute atomic E-state index is 0.331. The molecule has 0 aliphatic heterocycles. The van der Waals surface area contributed by atoms with Crippen LogP contribution in [0.25, 0.3) is 0 Å². The van der Waals surface area contributed by atoms with Crippen molar-refractivity contribution in [2.24, 2.45) is 0 Å². The SMILES string of the molecule is CCCN(CCC)CCC(O)c1ccc(CC)cc1. The van der Waals surface area contributed by atoms with Gasteiger partial charge in [-0.05, 0) is 49.9 Å². The van der Waals surface area contributed by atoms with Gasteiger partial charge in [0.2, 0.25) is 0 Å². The lowest BCUT2D eigenvalue weighted by Crippen LogP contribution is -2.27. The molecule has 0 heterocycles. The van der Waals surface area contributed by atoms with Gasteiger partial charge in [-0.1, -0.05) is 45.0 Å². The third kappa shape index (κ3) is 5.75. The van der Waals surface area contributed by atoms with E-state index in [0.29, 0.717) is 0 Å². The fourth-order valence-corrected chi connectivity index (χ4v) is 2.41. The van der Waals surface area contributed by atoms with Crippen molar-refractivity contribution in [3.05, 3.63) is 35.4 Å². The molecule has 0 fully saturated rings. The number of benzene rings is 1. The second kappa shape index (κ2) is 9.11. The highest BCUT2D eigenvalue weighted by Gasteiger charge is 2.10. The maximum atomic E-state index is 10.2. The molecule has 0 aromatic heterocycles. The minimum Gasteiger partial charge on any atom is -0.388 e. The summed E-state index contributed by atoms with van der Waals surface area (Å²) in [5.74, 6) is 0. The Balaban J connectivity index is 2.45. The number of hydrogen-bond acceptors (Lipinski definition) is 2. The van der Waals surface area contributed by atoms with Crippen LogP contribution in [0.15, 0.2) is 24.3 Å². The predicted octanol–water partition coefficient (Wildman–Crippen LogP) is 3.79. The average Bonchev–Trinajstić information content (AvgIpc) is 2.45. The van der Waals surface area contributed by atoms with Crippen molar-refractivity contribution in [2.45, 2.75) is 52.6 Å². The van der Waals surface area contributed by atoms with Crippen LogP contribution in [0.4, 0.5) is 0 Å². The zero-order chi connectivity index (χ0) is 14.1. The highest BCUT2D eigenvalue weighted by Crippen LogP contribution is 2.18. The predicted molar refractivity (Wildman–Crippen MR) is 82.4 cm³/mol. The summed E-state index contributed by atoms with van der Waals surface area (Å²) in [6, 6.07) is 8.36. The topological polar surface area (TPSA) is 23.5 Å². The van der Waals surface area contributed by atoms with Crippen molar-refractivity contribution in [1.82, 2.24) is 4.90 Å². The molecular formula is C17H29NO. The zero-order valence-corrected chi connectivity index (χ0v) is 12.7. The summed E-state index contributed by atoms with van der Waals surface area (Å²) in [4.78, 5) is 2.45. The van der Waals surface area contributed by atoms with Crippen LogP contribution in [0.5, 0.6) is 0 Å². The fraction of sp³-hybridized carbons (Fsp3) is 0.647. The molecule has 1 rings (SSSR count). The van der Waals surface area contributed by atoms with E-state index in [1.807, 2.05) is 0 Å². The van der Waals surface area contributed by atoms with Crippen molar-refractivity contribution >= 4 is 0 Å². The zero-order valence-electron chi connectivity index (χ0n) is 12.7. The van der Waals surface area contributed by atoms with E-state index in [-0.39, 0.29) is 6.10 Å². The monoisotopic (exact) mass is 263 g/mol. The van der Waals surface area contributed by atoms with Gasteiger partial charge in [-0.3, -0.25) is 0 Å². The van der Waals surface area contributed by atoms with Crippen LogP contribution in [0, 0.1) is 0 Å². The molecule has 0 aliphatic rings. The van der Waals surface area contributed by atoms with Crippen molar-refractivity contribution in [2.75, 3.05) is 19.6 Å². The van der Waals surface area contributed by atoms with Gasteiger partial charge >= 0.3 is 0 Å². The maximum Gasteiger partial charge on any atom is 0.0802 e. The molecule has 1 aromatic carbocycles. The molecule has 0 bridgehead atoms. The molecular weight excluding hydrogens is 234 g/mol. The second-order valence-electron chi connectivity index (χ2n) is 5.24. The van der Waals surface area contributed by atoms with E-state index < -0.39 is 0 Å². The van der Waals surface area contributed by atoms with Gasteiger partial charge in [0.25, 0.3) is 0 Å². The first-order chi connectivity index (χ1) is 9.21. The first-order valence-corrected chi connectivity index (χ1v) is 7.70. The first kappa shape index (κ1) is 16.2. The van der Waals surface area contributed by atoms with Gasteiger partial charge in [0.15, 0.2) is 0 Å². The smallest absolute Gasteiger partial charge is 0.0802 e. The molecule has 0 saturated heterocycles. The number of nitrogens with zero attached hydrogens (tertiary/aromatic N) is 1. The van der Waals surface area contributed by atoms with Crippen molar-refractivity contribution in [3.8, 4) is 0 Å². The summed E-state index contributed by atoms with van der Waals surface area (Å²) in [6.45, 7) is 9.83. The number of hydrogen-bond donors (Lipinski definition) is 1. The minimum atomic E-state index is -0.331. The molecule has 0 saturated carbocycles. The summed E-state index contributed by atoms with van der Waals surface area (Å²) in [5, 5.41) is 10.2. The van der Waals surface area contributed by atoms with E-state index >= 15 is 0 Å². The van der Waals surface area contributed by atoms with Gasteiger partial charge < -0.3 is 10.0 Å². The van der Waals surface area contributed by atoms with E-state index in [4.69, 9.17) is 0 Å². The Morgan fingerprint density at radius 3 is 2.00 bits per heavy atom. The number of aliphatic hydroxyl groups is 1. The molecule has 0 amide bonds. The normalized spacial score (nSPS) is 12.9. The molecule has 1 unspecified atom stereocenters. The quantitative estimate of drug-likeness (QED) is 0.732. The van der Waals surface area contributed by atoms with Crippen LogP contribution in [0.2, 0.25) is 0 Å². The van der Waals surface area contributed by atoms with Gasteiger partial charge in [0.1, 0.15) is 0 Å². The van der Waals surface area contributed by atoms with Gasteiger partial charge in [0.05, 0.1) is 6.10 Å². The van der Waals surface area contributed by atoms with E-state index in [0.717, 1.165) is 38.0 Å². The Hall–Kier alpha value is -0.860. The Bertz CT molecular complexity index is 328. The third-order valence-electron chi connectivity index (χ3n) is 3.57. The average molecular weight is 263 g/mol. The molecule has 2 nitrogen and oxygen atoms in total. The van der Waals surface area contributed by atoms with Gasteiger partial charge in [-0.15, -0.1) is 0 Å². The second-order valence-corrected chi connectivity index (χ2v) is 5.24. The summed E-state index contributed by atoms with van der Waals surface area (Å²) in [5.41, 5.74) is 2.37. The molecule has 19 heavy (non-hydrogen) atoms. The summed E-state index contributed by atoms with van der Waals surface area (Å²) in [7, 11) is 0. The molecule has 0 aliphatic carbocycles. The van der Waals surface area contributed by atoms with E-state index in [9.17, 15) is 5.11 Å². The fourth-order valence-electron chi connectivity index (χ4n) is 2.41. The lowest BCUT2D eigenvalue weighted by molar-refractivity contribution is 0.141. The molecule has 108 valence electrons. The number of rotatable bonds is 9. The van der Waals surface area contributed by atoms with E-state index in [1.54, 1.807) is 0 Å². The third-order valence-corrected chi connectivity index (χ3v) is 3.57. The van der Waals surface area contributed by atoms with Crippen molar-refractivity contribution in [1.29, 1.82) is 0 Å². The van der Waals surface area contributed by atoms with Gasteiger partial charge in [-0.25, -0.2) is 0 Å². The van der Waals surface area contributed by atoms with Gasteiger partial charge in [0, 0.05) is 6.54 Å². The molecule has 1 N–H and O–H groups in total. The Labute approximate surface area is 118 Å². The van der Waals surface area contributed by atoms with Crippen LogP contribution >= 0.6 is 0 Å². The van der Waals surface area contributed by atoms with Crippen LogP contribution in [-0.4, -0.2) is 29.6 Å². The standard InChI is InChI=1S/C17H29NO/c1-4-12-18(13-5-2)14-11-17(19)16-9-7-15(6-3)8-10-16/h7-10,17,19H,4-6,11-14H2,1-3H3.